The molecule has 4 aromatic carbocycles. The Hall–Kier alpha value is -9.81. The molecule has 0 fully saturated rings. The molecule has 7 N–H and O–H groups in total. The van der Waals surface area contributed by atoms with E-state index < -0.39 is 11.6 Å². The van der Waals surface area contributed by atoms with Crippen molar-refractivity contribution in [2.75, 3.05) is 59.3 Å². The van der Waals surface area contributed by atoms with Crippen molar-refractivity contribution in [1.29, 1.82) is 5.26 Å². The van der Waals surface area contributed by atoms with Crippen molar-refractivity contribution in [3.63, 3.8) is 0 Å². The highest BCUT2D eigenvalue weighted by atomic mass is 19.1. The lowest BCUT2D eigenvalue weighted by Gasteiger charge is -2.11. The van der Waals surface area contributed by atoms with Gasteiger partial charge in [-0.1, -0.05) is 32.7 Å². The van der Waals surface area contributed by atoms with Crippen LogP contribution in [0.5, 0.6) is 17.2 Å². The number of amides is 3. The zero-order valence-corrected chi connectivity index (χ0v) is 38.5. The van der Waals surface area contributed by atoms with Gasteiger partial charge >= 0.3 is 0 Å². The number of nitrogens with zero attached hydrogens (tertiary/aromatic N) is 6. The van der Waals surface area contributed by atoms with Gasteiger partial charge in [-0.3, -0.25) is 19.4 Å². The fourth-order valence-corrected chi connectivity index (χ4v) is 5.64. The summed E-state index contributed by atoms with van der Waals surface area (Å²) in [6.45, 7) is 9.21. The molecule has 0 saturated heterocycles. The van der Waals surface area contributed by atoms with Crippen molar-refractivity contribution in [2.24, 2.45) is 0 Å². The van der Waals surface area contributed by atoms with Crippen LogP contribution in [0.2, 0.25) is 0 Å². The quantitative estimate of drug-likeness (QED) is 0.0294. The first kappa shape index (κ1) is 54.8. The van der Waals surface area contributed by atoms with Crippen molar-refractivity contribution < 1.29 is 37.4 Å². The minimum atomic E-state index is -0.650. The van der Waals surface area contributed by atoms with Crippen LogP contribution in [-0.4, -0.2) is 70.0 Å². The monoisotopic (exact) mass is 979 g/mol. The number of anilines is 10. The first-order chi connectivity index (χ1) is 34.4. The molecule has 7 rings (SSSR count). The van der Waals surface area contributed by atoms with Gasteiger partial charge < -0.3 is 51.4 Å². The molecule has 19 nitrogen and oxygen atoms in total. The van der Waals surface area contributed by atoms with E-state index in [-0.39, 0.29) is 54.4 Å². The maximum absolute atomic E-state index is 14.4. The van der Waals surface area contributed by atoms with Crippen LogP contribution in [0.4, 0.5) is 66.4 Å². The first-order valence-corrected chi connectivity index (χ1v) is 21.1. The first-order valence-electron chi connectivity index (χ1n) is 21.1. The number of methoxy groups -OCH3 is 1. The average Bonchev–Trinajstić information content (AvgIpc) is 3.37. The number of carbonyl (C=O) groups excluding carboxylic acids is 3. The number of aromatic nitrogens is 5. The Morgan fingerprint density at radius 1 is 0.639 bits per heavy atom. The Morgan fingerprint density at radius 2 is 1.11 bits per heavy atom. The van der Waals surface area contributed by atoms with Crippen LogP contribution in [0.25, 0.3) is 0 Å². The molecule has 0 radical (unpaired) electrons. The molecule has 0 aliphatic carbocycles. The number of nitrogens with one attached hydrogen (secondary N) is 7. The number of benzene rings is 4. The Kier molecular flexibility index (Phi) is 21.7. The van der Waals surface area contributed by atoms with Crippen LogP contribution < -0.4 is 46.7 Å². The second kappa shape index (κ2) is 28.5. The smallest absolute Gasteiger partial charge is 0.269 e. The Morgan fingerprint density at radius 3 is 1.57 bits per heavy atom. The van der Waals surface area contributed by atoms with Crippen molar-refractivity contribution in [3.05, 3.63) is 170 Å². The van der Waals surface area contributed by atoms with Crippen molar-refractivity contribution in [3.8, 4) is 23.3 Å². The molecule has 0 aliphatic rings. The van der Waals surface area contributed by atoms with Gasteiger partial charge in [-0.15, -0.1) is 0 Å². The summed E-state index contributed by atoms with van der Waals surface area (Å²) in [5.74, 6) is -0.264. The van der Waals surface area contributed by atoms with E-state index in [0.717, 1.165) is 18.5 Å². The summed E-state index contributed by atoms with van der Waals surface area (Å²) in [6, 6.07) is 32.6. The third-order valence-corrected chi connectivity index (χ3v) is 8.85. The Labute approximate surface area is 414 Å². The molecule has 3 heterocycles. The summed E-state index contributed by atoms with van der Waals surface area (Å²) in [5.41, 5.74) is 3.71. The zero-order valence-electron chi connectivity index (χ0n) is 38.5. The van der Waals surface area contributed by atoms with Gasteiger partial charge in [0.15, 0.2) is 23.3 Å². The molecule has 0 atom stereocenters. The van der Waals surface area contributed by atoms with Gasteiger partial charge in [0, 0.05) is 67.5 Å². The van der Waals surface area contributed by atoms with Crippen LogP contribution in [-0.2, 0) is 14.3 Å². The lowest BCUT2D eigenvalue weighted by atomic mass is 10.2. The zero-order chi connectivity index (χ0) is 51.0. The van der Waals surface area contributed by atoms with Gasteiger partial charge in [-0.05, 0) is 103 Å². The fourth-order valence-electron chi connectivity index (χ4n) is 5.64. The standard InChI is InChI=1S/C26H22FN7O3.C22H22FN5O3.C2H3N.CH4/c1-3-23(35)31-17-5-4-6-18(13-17)32-24-21(27)15-30-26(34-24)33-16-7-9-19(10-8-16)37-20-11-12-29-22(14-20)25(36)28-2;1-3-20(29)25-16-5-4-6-17(13-16)26-21-19(23)14-24-22(28-21)27-15-7-9-18(10-8-15)31-12-11-30-2;1-2-3;/h3-15H,1H2,2H3,(H,28,36)(H,31,35)(H2,30,32,33,34);3-10,13-14H,1,11-12H2,2H3,(H,25,29)(H2,24,26,27,28);1H3;1H4. The maximum atomic E-state index is 14.4. The van der Waals surface area contributed by atoms with Crippen molar-refractivity contribution in [2.45, 2.75) is 14.4 Å². The predicted molar refractivity (Wildman–Crippen MR) is 274 cm³/mol. The topological polar surface area (TPSA) is 251 Å². The molecule has 0 aliphatic heterocycles. The second-order valence-corrected chi connectivity index (χ2v) is 14.0. The molecule has 370 valence electrons. The molecular weight excluding hydrogens is 929 g/mol. The summed E-state index contributed by atoms with van der Waals surface area (Å²) in [6.07, 6.45) is 5.93. The highest BCUT2D eigenvalue weighted by molar-refractivity contribution is 5.99. The number of hydrogen-bond donors (Lipinski definition) is 7. The average molecular weight is 980 g/mol. The van der Waals surface area contributed by atoms with E-state index in [1.54, 1.807) is 116 Å². The molecule has 0 spiro atoms. The summed E-state index contributed by atoms with van der Waals surface area (Å²) in [4.78, 5) is 55.1. The summed E-state index contributed by atoms with van der Waals surface area (Å²) in [7, 11) is 3.14. The molecule has 7 aromatic rings. The van der Waals surface area contributed by atoms with E-state index in [9.17, 15) is 23.2 Å². The minimum absolute atomic E-state index is 0. The predicted octanol–water partition coefficient (Wildman–Crippen LogP) is 10.2. The lowest BCUT2D eigenvalue weighted by molar-refractivity contribution is -0.112. The van der Waals surface area contributed by atoms with Crippen LogP contribution in [0.3, 0.4) is 0 Å². The molecular formula is C51H51F2N13O6. The SMILES string of the molecule is C.C=CC(=O)Nc1cccc(Nc2nc(Nc3ccc(OCCOC)cc3)ncc2F)c1.C=CC(=O)Nc1cccc(Nc2nc(Nc3ccc(Oc4ccnc(C(=O)NC)c4)cc3)ncc2F)c1.CC#N. The van der Waals surface area contributed by atoms with Gasteiger partial charge in [-0.25, -0.2) is 18.7 Å². The van der Waals surface area contributed by atoms with Gasteiger partial charge in [-0.2, -0.15) is 15.2 Å². The molecule has 3 amide bonds. The molecule has 72 heavy (non-hydrogen) atoms. The number of nitriles is 1. The normalized spacial score (nSPS) is 9.78. The van der Waals surface area contributed by atoms with Crippen LogP contribution in [0.1, 0.15) is 24.8 Å². The Balaban J connectivity index is 0.000000297. The highest BCUT2D eigenvalue weighted by Crippen LogP contribution is 2.27. The third-order valence-electron chi connectivity index (χ3n) is 8.85. The van der Waals surface area contributed by atoms with Crippen LogP contribution in [0, 0.1) is 23.0 Å². The maximum Gasteiger partial charge on any atom is 0.269 e. The summed E-state index contributed by atoms with van der Waals surface area (Å²) < 4.78 is 44.9. The van der Waals surface area contributed by atoms with Crippen LogP contribution in [0.15, 0.2) is 153 Å². The largest absolute Gasteiger partial charge is 0.491 e. The van der Waals surface area contributed by atoms with Gasteiger partial charge in [0.05, 0.1) is 25.1 Å². The van der Waals surface area contributed by atoms with Gasteiger partial charge in [0.2, 0.25) is 23.7 Å². The number of hydrogen-bond acceptors (Lipinski definition) is 16. The second-order valence-electron chi connectivity index (χ2n) is 14.0. The van der Waals surface area contributed by atoms with Crippen molar-refractivity contribution >= 4 is 75.4 Å². The molecule has 3 aromatic heterocycles. The fraction of sp³-hybridized carbons (Fsp3) is 0.118. The molecule has 21 heteroatoms. The van der Waals surface area contributed by atoms with E-state index in [4.69, 9.17) is 19.5 Å². The van der Waals surface area contributed by atoms with Gasteiger partial charge in [0.1, 0.15) is 29.5 Å². The van der Waals surface area contributed by atoms with Crippen LogP contribution >= 0.6 is 0 Å². The number of rotatable bonds is 19. The highest BCUT2D eigenvalue weighted by Gasteiger charge is 2.12. The lowest BCUT2D eigenvalue weighted by Crippen LogP contribution is -2.18. The number of carbonyl (C=O) groups is 3. The molecule has 0 saturated carbocycles. The van der Waals surface area contributed by atoms with Crippen molar-refractivity contribution in [1.82, 2.24) is 30.2 Å². The van der Waals surface area contributed by atoms with E-state index in [2.05, 4.69) is 75.3 Å². The minimum Gasteiger partial charge on any atom is -0.491 e. The Bertz CT molecular complexity index is 2980. The van der Waals surface area contributed by atoms with E-state index in [1.165, 1.54) is 32.3 Å². The number of ether oxygens (including phenoxy) is 3. The summed E-state index contributed by atoms with van der Waals surface area (Å²) >= 11 is 0. The van der Waals surface area contributed by atoms with E-state index in [0.29, 0.717) is 64.6 Å². The number of halogens is 2. The van der Waals surface area contributed by atoms with Gasteiger partial charge in [0.25, 0.3) is 5.91 Å². The number of pyridine rings is 1. The third kappa shape index (κ3) is 17.7. The molecule has 0 unspecified atom stereocenters. The summed E-state index contributed by atoms with van der Waals surface area (Å²) in [5, 5.41) is 26.9. The van der Waals surface area contributed by atoms with E-state index >= 15 is 0 Å². The van der Waals surface area contributed by atoms with E-state index in [1.807, 2.05) is 0 Å². The molecule has 0 bridgehead atoms.